The molecule has 0 spiro atoms. The average Bonchev–Trinajstić information content (AvgIpc) is 2.82. The van der Waals surface area contributed by atoms with Gasteiger partial charge >= 0.3 is 5.69 Å². The van der Waals surface area contributed by atoms with Crippen LogP contribution in [0.2, 0.25) is 0 Å². The van der Waals surface area contributed by atoms with Crippen molar-refractivity contribution in [2.24, 2.45) is 0 Å². The van der Waals surface area contributed by atoms with E-state index in [2.05, 4.69) is 5.32 Å². The summed E-state index contributed by atoms with van der Waals surface area (Å²) in [6, 6.07) is 15.4. The van der Waals surface area contributed by atoms with Crippen LogP contribution in [-0.4, -0.2) is 22.2 Å². The van der Waals surface area contributed by atoms with Gasteiger partial charge in [0.25, 0.3) is 11.5 Å². The largest absolute Gasteiger partial charge is 0.497 e. The number of carbonyl (C=O) groups is 1. The first-order valence-electron chi connectivity index (χ1n) is 10.3. The van der Waals surface area contributed by atoms with Gasteiger partial charge in [-0.2, -0.15) is 5.26 Å². The number of hydrogen-bond donors (Lipinski definition) is 1. The molecule has 8 heteroatoms. The number of unbranched alkanes of at least 4 members (excludes halogenated alkanes) is 1. The van der Waals surface area contributed by atoms with Gasteiger partial charge in [0, 0.05) is 19.3 Å². The summed E-state index contributed by atoms with van der Waals surface area (Å²) in [7, 11) is 1.57. The lowest BCUT2D eigenvalue weighted by Crippen LogP contribution is -2.43. The van der Waals surface area contributed by atoms with Crippen LogP contribution in [-0.2, 0) is 13.1 Å². The molecular formula is C24H24N4O4. The zero-order chi connectivity index (χ0) is 23.1. The number of carbonyl (C=O) groups excluding carboxylic acids is 1. The number of rotatable bonds is 8. The van der Waals surface area contributed by atoms with E-state index in [0.29, 0.717) is 24.3 Å². The Bertz CT molecular complexity index is 1270. The number of aromatic nitrogens is 2. The number of benzene rings is 2. The van der Waals surface area contributed by atoms with Gasteiger partial charge in [-0.1, -0.05) is 31.5 Å². The summed E-state index contributed by atoms with van der Waals surface area (Å²) >= 11 is 0. The van der Waals surface area contributed by atoms with Gasteiger partial charge in [0.1, 0.15) is 11.3 Å². The van der Waals surface area contributed by atoms with Crippen molar-refractivity contribution in [1.29, 1.82) is 5.26 Å². The third kappa shape index (κ3) is 4.95. The Hall–Kier alpha value is -4.12. The van der Waals surface area contributed by atoms with Gasteiger partial charge in [-0.25, -0.2) is 9.36 Å². The Balaban J connectivity index is 2.00. The molecule has 0 saturated carbocycles. The molecule has 3 rings (SSSR count). The van der Waals surface area contributed by atoms with Crippen molar-refractivity contribution in [2.75, 3.05) is 7.11 Å². The second-order valence-corrected chi connectivity index (χ2v) is 7.21. The number of hydrogen-bond acceptors (Lipinski definition) is 5. The molecule has 2 aromatic carbocycles. The minimum atomic E-state index is -0.731. The normalized spacial score (nSPS) is 10.4. The molecule has 0 bridgehead atoms. The Labute approximate surface area is 185 Å². The quantitative estimate of drug-likeness (QED) is 0.589. The van der Waals surface area contributed by atoms with E-state index in [9.17, 15) is 19.6 Å². The summed E-state index contributed by atoms with van der Waals surface area (Å²) in [6.45, 7) is 2.56. The first kappa shape index (κ1) is 22.6. The number of methoxy groups -OCH3 is 1. The highest BCUT2D eigenvalue weighted by atomic mass is 16.5. The van der Waals surface area contributed by atoms with Crippen LogP contribution in [0, 0.1) is 11.3 Å². The Morgan fingerprint density at radius 1 is 1.16 bits per heavy atom. The second-order valence-electron chi connectivity index (χ2n) is 7.21. The molecule has 0 aliphatic carbocycles. The fourth-order valence-corrected chi connectivity index (χ4v) is 3.21. The van der Waals surface area contributed by atoms with Crippen LogP contribution >= 0.6 is 0 Å². The fraction of sp³-hybridized carbons (Fsp3) is 0.250. The van der Waals surface area contributed by atoms with Crippen molar-refractivity contribution < 1.29 is 9.53 Å². The third-order valence-corrected chi connectivity index (χ3v) is 5.00. The van der Waals surface area contributed by atoms with Crippen molar-refractivity contribution in [1.82, 2.24) is 14.5 Å². The summed E-state index contributed by atoms with van der Waals surface area (Å²) in [4.78, 5) is 39.0. The molecule has 0 saturated heterocycles. The Morgan fingerprint density at radius 3 is 2.56 bits per heavy atom. The van der Waals surface area contributed by atoms with E-state index in [-0.39, 0.29) is 17.8 Å². The number of amides is 1. The summed E-state index contributed by atoms with van der Waals surface area (Å²) in [6.07, 6.45) is 2.87. The zero-order valence-electron chi connectivity index (χ0n) is 18.0. The highest BCUT2D eigenvalue weighted by Crippen LogP contribution is 2.11. The minimum Gasteiger partial charge on any atom is -0.497 e. The van der Waals surface area contributed by atoms with Crippen LogP contribution in [0.15, 0.2) is 64.3 Å². The van der Waals surface area contributed by atoms with Crippen molar-refractivity contribution in [3.63, 3.8) is 0 Å². The monoisotopic (exact) mass is 432 g/mol. The van der Waals surface area contributed by atoms with E-state index < -0.39 is 17.2 Å². The van der Waals surface area contributed by atoms with Crippen LogP contribution < -0.4 is 21.3 Å². The van der Waals surface area contributed by atoms with E-state index in [0.717, 1.165) is 16.6 Å². The molecule has 0 unspecified atom stereocenters. The molecule has 0 fully saturated rings. The lowest BCUT2D eigenvalue weighted by molar-refractivity contribution is 0.0948. The lowest BCUT2D eigenvalue weighted by atomic mass is 10.2. The van der Waals surface area contributed by atoms with Gasteiger partial charge in [-0.15, -0.1) is 0 Å². The maximum absolute atomic E-state index is 13.1. The zero-order valence-corrected chi connectivity index (χ0v) is 18.0. The average molecular weight is 432 g/mol. The van der Waals surface area contributed by atoms with Crippen molar-refractivity contribution in [2.45, 2.75) is 32.9 Å². The molecule has 1 N–H and O–H groups in total. The molecule has 1 aromatic heterocycles. The maximum atomic E-state index is 13.1. The van der Waals surface area contributed by atoms with E-state index >= 15 is 0 Å². The van der Waals surface area contributed by atoms with Crippen molar-refractivity contribution in [3.8, 4) is 17.5 Å². The SMILES string of the molecule is CCCCn1cc(C(=O)NCc2ccc(OC)cc2)c(=O)n(-c2cccc(C#N)c2)c1=O. The molecule has 8 nitrogen and oxygen atoms in total. The van der Waals surface area contributed by atoms with E-state index in [1.807, 2.05) is 25.1 Å². The smallest absolute Gasteiger partial charge is 0.335 e. The molecule has 1 heterocycles. The summed E-state index contributed by atoms with van der Waals surface area (Å²) < 4.78 is 7.43. The van der Waals surface area contributed by atoms with E-state index in [4.69, 9.17) is 4.74 Å². The van der Waals surface area contributed by atoms with Gasteiger partial charge in [0.2, 0.25) is 0 Å². The highest BCUT2D eigenvalue weighted by Gasteiger charge is 2.18. The van der Waals surface area contributed by atoms with Gasteiger partial charge in [-0.05, 0) is 42.3 Å². The summed E-state index contributed by atoms with van der Waals surface area (Å²) in [5, 5.41) is 11.9. The first-order chi connectivity index (χ1) is 15.5. The van der Waals surface area contributed by atoms with Gasteiger partial charge < -0.3 is 10.1 Å². The summed E-state index contributed by atoms with van der Waals surface area (Å²) in [5.41, 5.74) is -0.0373. The summed E-state index contributed by atoms with van der Waals surface area (Å²) in [5.74, 6) is 0.117. The number of nitrogens with zero attached hydrogens (tertiary/aromatic N) is 3. The standard InChI is InChI=1S/C24H24N4O4/c1-3-4-12-27-16-21(22(29)26-15-17-8-10-20(32-2)11-9-17)23(30)28(24(27)31)19-7-5-6-18(13-19)14-25/h5-11,13,16H,3-4,12,15H2,1-2H3,(H,26,29). The molecule has 32 heavy (non-hydrogen) atoms. The molecule has 0 aliphatic rings. The molecule has 164 valence electrons. The van der Waals surface area contributed by atoms with Crippen molar-refractivity contribution in [3.05, 3.63) is 92.3 Å². The Kier molecular flexibility index (Phi) is 7.24. The Morgan fingerprint density at radius 2 is 1.91 bits per heavy atom. The van der Waals surface area contributed by atoms with E-state index in [1.165, 1.54) is 16.8 Å². The molecular weight excluding hydrogens is 408 g/mol. The highest BCUT2D eigenvalue weighted by molar-refractivity contribution is 5.93. The first-order valence-corrected chi connectivity index (χ1v) is 10.3. The van der Waals surface area contributed by atoms with Gasteiger partial charge in [0.15, 0.2) is 0 Å². The lowest BCUT2D eigenvalue weighted by Gasteiger charge is -2.13. The van der Waals surface area contributed by atoms with E-state index in [1.54, 1.807) is 37.4 Å². The maximum Gasteiger partial charge on any atom is 0.335 e. The molecule has 0 aliphatic heterocycles. The third-order valence-electron chi connectivity index (χ3n) is 5.00. The number of aryl methyl sites for hydroxylation is 1. The second kappa shape index (κ2) is 10.3. The fourth-order valence-electron chi connectivity index (χ4n) is 3.21. The van der Waals surface area contributed by atoms with Crippen molar-refractivity contribution >= 4 is 5.91 Å². The number of nitriles is 1. The van der Waals surface area contributed by atoms with Crippen LogP contribution in [0.3, 0.4) is 0 Å². The molecule has 0 radical (unpaired) electrons. The van der Waals surface area contributed by atoms with Crippen LogP contribution in [0.4, 0.5) is 0 Å². The van der Waals surface area contributed by atoms with Gasteiger partial charge in [-0.3, -0.25) is 14.2 Å². The molecule has 1 amide bonds. The number of nitrogens with one attached hydrogen (secondary N) is 1. The predicted octanol–water partition coefficient (Wildman–Crippen LogP) is 2.61. The van der Waals surface area contributed by atoms with Crippen LogP contribution in [0.25, 0.3) is 5.69 Å². The predicted molar refractivity (Wildman–Crippen MR) is 120 cm³/mol. The minimum absolute atomic E-state index is 0.142. The number of ether oxygens (including phenoxy) is 1. The van der Waals surface area contributed by atoms with Crippen LogP contribution in [0.5, 0.6) is 5.75 Å². The molecule has 0 atom stereocenters. The molecule has 3 aromatic rings. The van der Waals surface area contributed by atoms with Crippen LogP contribution in [0.1, 0.15) is 41.3 Å². The topological polar surface area (TPSA) is 106 Å². The van der Waals surface area contributed by atoms with Gasteiger partial charge in [0.05, 0.1) is 24.4 Å².